The van der Waals surface area contributed by atoms with E-state index in [0.717, 1.165) is 56.3 Å². The van der Waals surface area contributed by atoms with Crippen molar-refractivity contribution in [2.45, 2.75) is 79.6 Å². The van der Waals surface area contributed by atoms with E-state index < -0.39 is 11.7 Å². The van der Waals surface area contributed by atoms with Crippen LogP contribution in [-0.4, -0.2) is 24.1 Å². The predicted molar refractivity (Wildman–Crippen MR) is 160 cm³/mol. The zero-order valence-corrected chi connectivity index (χ0v) is 24.4. The van der Waals surface area contributed by atoms with Gasteiger partial charge in [0, 0.05) is 18.1 Å². The summed E-state index contributed by atoms with van der Waals surface area (Å²) in [6, 6.07) is 8.41. The fourth-order valence-electron chi connectivity index (χ4n) is 4.49. The molecule has 1 unspecified atom stereocenters. The maximum atomic E-state index is 14.8. The second-order valence-corrected chi connectivity index (χ2v) is 10.3. The predicted octanol–water partition coefficient (Wildman–Crippen LogP) is 9.14. The molecule has 0 spiro atoms. The third kappa shape index (κ3) is 9.28. The van der Waals surface area contributed by atoms with Gasteiger partial charge in [-0.25, -0.2) is 4.39 Å². The van der Waals surface area contributed by atoms with Crippen LogP contribution in [0.3, 0.4) is 0 Å². The van der Waals surface area contributed by atoms with E-state index in [0.29, 0.717) is 11.1 Å². The molecule has 1 amide bonds. The molecule has 1 atom stereocenters. The number of halogens is 2. The molecule has 0 saturated carbocycles. The van der Waals surface area contributed by atoms with E-state index in [9.17, 15) is 14.3 Å². The SMILES string of the molecule is CC/C=C(\C=C(\c1cccc(-c2cc(F)c(NC(C)=O)c(Cl)c2)c1O)C(C)CC)CCCCCNCCC. The Balaban J connectivity index is 2.39. The lowest BCUT2D eigenvalue weighted by molar-refractivity contribution is -0.114. The lowest BCUT2D eigenvalue weighted by Crippen LogP contribution is -2.15. The number of allylic oxidation sites excluding steroid dienone is 4. The van der Waals surface area contributed by atoms with Crippen LogP contribution >= 0.6 is 11.6 Å². The fourth-order valence-corrected chi connectivity index (χ4v) is 4.75. The van der Waals surface area contributed by atoms with Gasteiger partial charge >= 0.3 is 0 Å². The zero-order chi connectivity index (χ0) is 28.1. The Bertz CT molecular complexity index is 1100. The first kappa shape index (κ1) is 31.6. The van der Waals surface area contributed by atoms with E-state index in [4.69, 9.17) is 11.6 Å². The van der Waals surface area contributed by atoms with Gasteiger partial charge in [-0.2, -0.15) is 0 Å². The summed E-state index contributed by atoms with van der Waals surface area (Å²) in [5.74, 6) is -0.740. The molecule has 2 aromatic carbocycles. The number of para-hydroxylation sites is 1. The second kappa shape index (κ2) is 16.4. The number of phenols is 1. The molecule has 0 aliphatic carbocycles. The summed E-state index contributed by atoms with van der Waals surface area (Å²) >= 11 is 6.30. The maximum absolute atomic E-state index is 14.8. The van der Waals surface area contributed by atoms with Gasteiger partial charge in [0.15, 0.2) is 0 Å². The average Bonchev–Trinajstić information content (AvgIpc) is 2.88. The zero-order valence-electron chi connectivity index (χ0n) is 23.6. The van der Waals surface area contributed by atoms with Gasteiger partial charge in [-0.1, -0.05) is 81.6 Å². The van der Waals surface area contributed by atoms with Crippen LogP contribution in [0.25, 0.3) is 16.7 Å². The Labute approximate surface area is 233 Å². The van der Waals surface area contributed by atoms with Crippen molar-refractivity contribution in [1.82, 2.24) is 5.32 Å². The lowest BCUT2D eigenvalue weighted by Gasteiger charge is -2.19. The Morgan fingerprint density at radius 2 is 1.89 bits per heavy atom. The minimum absolute atomic E-state index is 0.0609. The molecular weight excluding hydrogens is 499 g/mol. The molecule has 2 aromatic rings. The molecule has 208 valence electrons. The van der Waals surface area contributed by atoms with Crippen molar-refractivity contribution in [2.24, 2.45) is 5.92 Å². The minimum atomic E-state index is -0.650. The number of phenolic OH excluding ortho intramolecular Hbond substituents is 1. The van der Waals surface area contributed by atoms with Crippen LogP contribution in [-0.2, 0) is 4.79 Å². The topological polar surface area (TPSA) is 61.4 Å². The number of carbonyl (C=O) groups excluding carboxylic acids is 1. The van der Waals surface area contributed by atoms with Crippen LogP contribution in [0.15, 0.2) is 48.1 Å². The van der Waals surface area contributed by atoms with Crippen LogP contribution in [0.5, 0.6) is 5.75 Å². The van der Waals surface area contributed by atoms with Crippen molar-refractivity contribution >= 4 is 28.8 Å². The van der Waals surface area contributed by atoms with Crippen LogP contribution < -0.4 is 10.6 Å². The molecule has 0 saturated heterocycles. The highest BCUT2D eigenvalue weighted by Gasteiger charge is 2.19. The van der Waals surface area contributed by atoms with Gasteiger partial charge in [-0.05, 0) is 80.8 Å². The highest BCUT2D eigenvalue weighted by molar-refractivity contribution is 6.34. The number of carbonyl (C=O) groups is 1. The van der Waals surface area contributed by atoms with E-state index in [2.05, 4.69) is 50.5 Å². The molecule has 6 heteroatoms. The standard InChI is InChI=1S/C32H44ClFN2O2/c1-6-13-24(14-10-9-11-18-35-17-7-2)19-28(22(4)8-3)27-16-12-15-26(32(27)38)25-20-29(33)31(30(34)21-25)36-23(5)37/h12-13,15-16,19-22,35,38H,6-11,14,17-18H2,1-5H3,(H,36,37)/b24-13-,28-19+. The molecule has 0 fully saturated rings. The molecular formula is C32H44ClFN2O2. The third-order valence-electron chi connectivity index (χ3n) is 6.70. The number of amides is 1. The smallest absolute Gasteiger partial charge is 0.221 e. The van der Waals surface area contributed by atoms with Crippen LogP contribution in [0.1, 0.15) is 85.1 Å². The highest BCUT2D eigenvalue weighted by Crippen LogP contribution is 2.41. The van der Waals surface area contributed by atoms with E-state index in [1.54, 1.807) is 12.1 Å². The van der Waals surface area contributed by atoms with Crippen molar-refractivity contribution in [2.75, 3.05) is 18.4 Å². The van der Waals surface area contributed by atoms with Gasteiger partial charge in [-0.15, -0.1) is 0 Å². The van der Waals surface area contributed by atoms with E-state index >= 15 is 0 Å². The fraction of sp³-hybridized carbons (Fsp3) is 0.469. The number of aromatic hydroxyl groups is 1. The van der Waals surface area contributed by atoms with Gasteiger partial charge in [0.25, 0.3) is 0 Å². The Hall–Kier alpha value is -2.63. The van der Waals surface area contributed by atoms with Crippen LogP contribution in [0, 0.1) is 11.7 Å². The molecule has 4 nitrogen and oxygen atoms in total. The molecule has 38 heavy (non-hydrogen) atoms. The molecule has 0 radical (unpaired) electrons. The summed E-state index contributed by atoms with van der Waals surface area (Å²) in [5.41, 5.74) is 3.97. The average molecular weight is 543 g/mol. The first-order valence-electron chi connectivity index (χ1n) is 13.9. The molecule has 0 aliphatic heterocycles. The number of unbranched alkanes of at least 4 members (excludes halogenated alkanes) is 2. The van der Waals surface area contributed by atoms with Gasteiger partial charge in [0.1, 0.15) is 11.6 Å². The molecule has 0 bridgehead atoms. The lowest BCUT2D eigenvalue weighted by atomic mass is 9.87. The Morgan fingerprint density at radius 3 is 2.53 bits per heavy atom. The van der Waals surface area contributed by atoms with Gasteiger partial charge in [0.2, 0.25) is 5.91 Å². The summed E-state index contributed by atoms with van der Waals surface area (Å²) in [4.78, 5) is 11.4. The van der Waals surface area contributed by atoms with Crippen molar-refractivity contribution < 1.29 is 14.3 Å². The first-order chi connectivity index (χ1) is 18.2. The van der Waals surface area contributed by atoms with Crippen molar-refractivity contribution in [1.29, 1.82) is 0 Å². The van der Waals surface area contributed by atoms with Gasteiger partial charge < -0.3 is 15.7 Å². The summed E-state index contributed by atoms with van der Waals surface area (Å²) < 4.78 is 14.8. The van der Waals surface area contributed by atoms with Gasteiger partial charge in [-0.3, -0.25) is 4.79 Å². The molecule has 2 rings (SSSR count). The number of benzene rings is 2. The Morgan fingerprint density at radius 1 is 1.13 bits per heavy atom. The summed E-state index contributed by atoms with van der Waals surface area (Å²) in [5, 5.41) is 17.4. The van der Waals surface area contributed by atoms with Crippen molar-refractivity contribution in [3.05, 3.63) is 64.5 Å². The number of nitrogens with one attached hydrogen (secondary N) is 2. The van der Waals surface area contributed by atoms with E-state index in [1.165, 1.54) is 31.4 Å². The normalized spacial score (nSPS) is 13.0. The maximum Gasteiger partial charge on any atom is 0.221 e. The van der Waals surface area contributed by atoms with Gasteiger partial charge in [0.05, 0.1) is 10.7 Å². The highest BCUT2D eigenvalue weighted by atomic mass is 35.5. The summed E-state index contributed by atoms with van der Waals surface area (Å²) in [6.07, 6.45) is 12.0. The monoisotopic (exact) mass is 542 g/mol. The second-order valence-electron chi connectivity index (χ2n) is 9.85. The van der Waals surface area contributed by atoms with Crippen molar-refractivity contribution in [3.63, 3.8) is 0 Å². The quantitative estimate of drug-likeness (QED) is 0.155. The largest absolute Gasteiger partial charge is 0.507 e. The molecule has 0 heterocycles. The number of anilines is 1. The first-order valence-corrected chi connectivity index (χ1v) is 14.3. The van der Waals surface area contributed by atoms with Crippen LogP contribution in [0.2, 0.25) is 5.02 Å². The van der Waals surface area contributed by atoms with E-state index in [1.807, 2.05) is 12.1 Å². The molecule has 3 N–H and O–H groups in total. The third-order valence-corrected chi connectivity index (χ3v) is 7.00. The number of hydrogen-bond donors (Lipinski definition) is 3. The van der Waals surface area contributed by atoms with Crippen LogP contribution in [0.4, 0.5) is 10.1 Å². The number of hydrogen-bond acceptors (Lipinski definition) is 3. The minimum Gasteiger partial charge on any atom is -0.507 e. The summed E-state index contributed by atoms with van der Waals surface area (Å²) in [7, 11) is 0. The number of rotatable bonds is 15. The summed E-state index contributed by atoms with van der Waals surface area (Å²) in [6.45, 7) is 12.1. The van der Waals surface area contributed by atoms with Crippen molar-refractivity contribution in [3.8, 4) is 16.9 Å². The van der Waals surface area contributed by atoms with E-state index in [-0.39, 0.29) is 22.4 Å². The Kier molecular flexibility index (Phi) is 13.6. The molecule has 0 aliphatic rings. The molecule has 0 aromatic heterocycles.